The Kier molecular flexibility index (Phi) is 4.05. The fourth-order valence-electron chi connectivity index (χ4n) is 2.52. The zero-order valence-electron chi connectivity index (χ0n) is 12.4. The Labute approximate surface area is 133 Å². The second-order valence-corrected chi connectivity index (χ2v) is 5.23. The molecule has 0 aliphatic heterocycles. The molecule has 0 aliphatic carbocycles. The van der Waals surface area contributed by atoms with E-state index in [2.05, 4.69) is 4.98 Å². The molecule has 3 aromatic rings. The molecule has 6 nitrogen and oxygen atoms in total. The molecule has 6 heteroatoms. The van der Waals surface area contributed by atoms with Crippen LogP contribution in [-0.2, 0) is 13.0 Å². The number of nitrogens with two attached hydrogens (primary N) is 1. The van der Waals surface area contributed by atoms with Gasteiger partial charge in [0.1, 0.15) is 5.82 Å². The monoisotopic (exact) mass is 308 g/mol. The highest BCUT2D eigenvalue weighted by Crippen LogP contribution is 2.21. The first-order chi connectivity index (χ1) is 11.1. The molecule has 0 aliphatic rings. The summed E-state index contributed by atoms with van der Waals surface area (Å²) in [5.74, 6) is 0.820. The highest BCUT2D eigenvalue weighted by Gasteiger charge is 2.14. The molecule has 0 saturated heterocycles. The Hall–Kier alpha value is -3.15. The summed E-state index contributed by atoms with van der Waals surface area (Å²) in [6, 6.07) is 14.4. The maximum Gasteiger partial charge on any atom is 0.274 e. The van der Waals surface area contributed by atoms with Crippen molar-refractivity contribution in [1.29, 1.82) is 0 Å². The van der Waals surface area contributed by atoms with E-state index in [0.29, 0.717) is 24.2 Å². The lowest BCUT2D eigenvalue weighted by Crippen LogP contribution is -2.08. The van der Waals surface area contributed by atoms with Crippen molar-refractivity contribution in [2.45, 2.75) is 13.0 Å². The van der Waals surface area contributed by atoms with E-state index in [1.807, 2.05) is 35.0 Å². The lowest BCUT2D eigenvalue weighted by atomic mass is 10.1. The summed E-state index contributed by atoms with van der Waals surface area (Å²) in [4.78, 5) is 15.1. The number of nitro benzene ring substituents is 1. The van der Waals surface area contributed by atoms with Crippen LogP contribution in [0.1, 0.15) is 17.0 Å². The van der Waals surface area contributed by atoms with Crippen molar-refractivity contribution < 1.29 is 4.92 Å². The van der Waals surface area contributed by atoms with Crippen LogP contribution in [0.3, 0.4) is 0 Å². The van der Waals surface area contributed by atoms with Crippen LogP contribution in [0, 0.1) is 10.1 Å². The van der Waals surface area contributed by atoms with Gasteiger partial charge in [-0.15, -0.1) is 0 Å². The summed E-state index contributed by atoms with van der Waals surface area (Å²) in [6.45, 7) is 0.402. The largest absolute Gasteiger partial charge is 0.398 e. The molecule has 0 saturated carbocycles. The van der Waals surface area contributed by atoms with Gasteiger partial charge in [-0.1, -0.05) is 36.4 Å². The van der Waals surface area contributed by atoms with Crippen molar-refractivity contribution >= 4 is 11.4 Å². The van der Waals surface area contributed by atoms with E-state index in [9.17, 15) is 10.1 Å². The average Bonchev–Trinajstić information content (AvgIpc) is 2.97. The molecule has 23 heavy (non-hydrogen) atoms. The fraction of sp³-hybridized carbons (Fsp3) is 0.118. The van der Waals surface area contributed by atoms with Gasteiger partial charge in [0.25, 0.3) is 5.69 Å². The molecule has 0 unspecified atom stereocenters. The molecule has 1 heterocycles. The first-order valence-electron chi connectivity index (χ1n) is 7.21. The van der Waals surface area contributed by atoms with Crippen molar-refractivity contribution in [3.8, 4) is 0 Å². The Morgan fingerprint density at radius 2 is 1.78 bits per heavy atom. The van der Waals surface area contributed by atoms with Crippen LogP contribution in [0.25, 0.3) is 0 Å². The zero-order valence-corrected chi connectivity index (χ0v) is 12.4. The van der Waals surface area contributed by atoms with Crippen molar-refractivity contribution in [1.82, 2.24) is 9.55 Å². The summed E-state index contributed by atoms with van der Waals surface area (Å²) < 4.78 is 1.91. The first-order valence-corrected chi connectivity index (χ1v) is 7.21. The predicted octanol–water partition coefficient (Wildman–Crippen LogP) is 3.01. The van der Waals surface area contributed by atoms with E-state index in [4.69, 9.17) is 5.73 Å². The minimum Gasteiger partial charge on any atom is -0.398 e. The summed E-state index contributed by atoms with van der Waals surface area (Å²) in [5, 5.41) is 11.1. The van der Waals surface area contributed by atoms with E-state index in [1.165, 1.54) is 6.07 Å². The van der Waals surface area contributed by atoms with E-state index >= 15 is 0 Å². The molecule has 2 aromatic carbocycles. The number of hydrogen-bond acceptors (Lipinski definition) is 4. The Balaban J connectivity index is 1.88. The number of para-hydroxylation sites is 2. The number of aromatic nitrogens is 2. The van der Waals surface area contributed by atoms with Gasteiger partial charge in [-0.25, -0.2) is 4.98 Å². The highest BCUT2D eigenvalue weighted by molar-refractivity contribution is 5.47. The van der Waals surface area contributed by atoms with Crippen LogP contribution in [0.15, 0.2) is 60.9 Å². The minimum atomic E-state index is -0.360. The maximum atomic E-state index is 11.1. The average molecular weight is 308 g/mol. The number of hydrogen-bond donors (Lipinski definition) is 1. The molecular weight excluding hydrogens is 292 g/mol. The third-order valence-corrected chi connectivity index (χ3v) is 3.73. The molecule has 0 atom stereocenters. The van der Waals surface area contributed by atoms with Gasteiger partial charge in [-0.2, -0.15) is 0 Å². The van der Waals surface area contributed by atoms with Crippen molar-refractivity contribution in [2.24, 2.45) is 0 Å². The van der Waals surface area contributed by atoms with Gasteiger partial charge in [0.15, 0.2) is 0 Å². The standard InChI is InChI=1S/C17H16N4O2/c18-15-7-3-1-5-13(15)11-17-19-9-10-20(17)12-14-6-2-4-8-16(14)21(22)23/h1-10H,11-12,18H2. The molecule has 0 radical (unpaired) electrons. The summed E-state index contributed by atoms with van der Waals surface area (Å²) >= 11 is 0. The summed E-state index contributed by atoms with van der Waals surface area (Å²) in [6.07, 6.45) is 4.11. The van der Waals surface area contributed by atoms with Gasteiger partial charge in [0, 0.05) is 36.1 Å². The maximum absolute atomic E-state index is 11.1. The molecule has 0 amide bonds. The number of benzene rings is 2. The van der Waals surface area contributed by atoms with Gasteiger partial charge < -0.3 is 10.3 Å². The Morgan fingerprint density at radius 1 is 1.09 bits per heavy atom. The molecule has 0 spiro atoms. The Bertz CT molecular complexity index is 842. The number of rotatable bonds is 5. The van der Waals surface area contributed by atoms with Gasteiger partial charge in [0.2, 0.25) is 0 Å². The van der Waals surface area contributed by atoms with Crippen LogP contribution >= 0.6 is 0 Å². The minimum absolute atomic E-state index is 0.117. The van der Waals surface area contributed by atoms with Crippen molar-refractivity contribution in [3.63, 3.8) is 0 Å². The van der Waals surface area contributed by atoms with Gasteiger partial charge >= 0.3 is 0 Å². The second-order valence-electron chi connectivity index (χ2n) is 5.23. The normalized spacial score (nSPS) is 10.6. The van der Waals surface area contributed by atoms with Crippen molar-refractivity contribution in [2.75, 3.05) is 5.73 Å². The summed E-state index contributed by atoms with van der Waals surface area (Å²) in [7, 11) is 0. The molecule has 2 N–H and O–H groups in total. The number of anilines is 1. The number of nitrogen functional groups attached to an aromatic ring is 1. The number of nitro groups is 1. The molecule has 0 bridgehead atoms. The van der Waals surface area contributed by atoms with E-state index in [1.54, 1.807) is 24.4 Å². The third-order valence-electron chi connectivity index (χ3n) is 3.73. The first kappa shape index (κ1) is 14.8. The van der Waals surface area contributed by atoms with E-state index in [-0.39, 0.29) is 10.6 Å². The highest BCUT2D eigenvalue weighted by atomic mass is 16.6. The van der Waals surface area contributed by atoms with E-state index in [0.717, 1.165) is 11.4 Å². The lowest BCUT2D eigenvalue weighted by molar-refractivity contribution is -0.385. The Morgan fingerprint density at radius 3 is 2.52 bits per heavy atom. The predicted molar refractivity (Wildman–Crippen MR) is 88.1 cm³/mol. The zero-order chi connectivity index (χ0) is 16.2. The molecular formula is C17H16N4O2. The fourth-order valence-corrected chi connectivity index (χ4v) is 2.52. The molecule has 3 rings (SSSR count). The summed E-state index contributed by atoms with van der Waals surface area (Å²) in [5.41, 5.74) is 8.45. The molecule has 116 valence electrons. The number of imidazole rings is 1. The van der Waals surface area contributed by atoms with Crippen LogP contribution in [0.2, 0.25) is 0 Å². The number of nitrogens with zero attached hydrogens (tertiary/aromatic N) is 3. The van der Waals surface area contributed by atoms with Gasteiger partial charge in [-0.05, 0) is 11.6 Å². The van der Waals surface area contributed by atoms with Crippen molar-refractivity contribution in [3.05, 3.63) is 88.0 Å². The third kappa shape index (κ3) is 3.21. The van der Waals surface area contributed by atoms with Gasteiger partial charge in [-0.3, -0.25) is 10.1 Å². The van der Waals surface area contributed by atoms with Gasteiger partial charge in [0.05, 0.1) is 11.5 Å². The SMILES string of the molecule is Nc1ccccc1Cc1nccn1Cc1ccccc1[N+](=O)[O-]. The quantitative estimate of drug-likeness (QED) is 0.446. The van der Waals surface area contributed by atoms with Crippen LogP contribution in [0.5, 0.6) is 0 Å². The van der Waals surface area contributed by atoms with E-state index < -0.39 is 0 Å². The molecule has 0 fully saturated rings. The smallest absolute Gasteiger partial charge is 0.274 e. The lowest BCUT2D eigenvalue weighted by Gasteiger charge is -2.10. The molecule has 1 aromatic heterocycles. The van der Waals surface area contributed by atoms with Crippen LogP contribution in [-0.4, -0.2) is 14.5 Å². The topological polar surface area (TPSA) is 87.0 Å². The van der Waals surface area contributed by atoms with Crippen LogP contribution in [0.4, 0.5) is 11.4 Å². The van der Waals surface area contributed by atoms with Crippen LogP contribution < -0.4 is 5.73 Å². The second kappa shape index (κ2) is 6.31.